The molecule has 1 heterocycles. The minimum absolute atomic E-state index is 0.0131. The number of carbonyl (C=O) groups excluding carboxylic acids is 1. The molecule has 0 aromatic heterocycles. The third-order valence-corrected chi connectivity index (χ3v) is 5.14. The van der Waals surface area contributed by atoms with Crippen molar-refractivity contribution in [1.29, 1.82) is 0 Å². The third-order valence-electron chi connectivity index (χ3n) is 5.14. The molecule has 5 heteroatoms. The maximum absolute atomic E-state index is 12.6. The number of hydrogen-bond donors (Lipinski definition) is 1. The van der Waals surface area contributed by atoms with Crippen LogP contribution in [-0.4, -0.2) is 41.1 Å². The van der Waals surface area contributed by atoms with Gasteiger partial charge in [-0.15, -0.1) is 0 Å². The molecular weight excluding hydrogens is 306 g/mol. The Morgan fingerprint density at radius 1 is 1.12 bits per heavy atom. The molecule has 0 radical (unpaired) electrons. The molecule has 3 rings (SSSR count). The lowest BCUT2D eigenvalue weighted by Crippen LogP contribution is -2.59. The van der Waals surface area contributed by atoms with E-state index in [0.29, 0.717) is 13.1 Å². The van der Waals surface area contributed by atoms with Crippen molar-refractivity contribution in [1.82, 2.24) is 4.90 Å². The second-order valence-corrected chi connectivity index (χ2v) is 7.01. The predicted molar refractivity (Wildman–Crippen MR) is 89.9 cm³/mol. The van der Waals surface area contributed by atoms with Crippen LogP contribution in [0.25, 0.3) is 0 Å². The molecule has 1 saturated heterocycles. The number of benzene rings is 1. The number of carboxylic acid groups (broad SMARTS) is 1. The molecular formula is C19H25NO4. The van der Waals surface area contributed by atoms with Crippen molar-refractivity contribution >= 4 is 11.9 Å². The van der Waals surface area contributed by atoms with Gasteiger partial charge in [0.15, 0.2) is 0 Å². The van der Waals surface area contributed by atoms with Gasteiger partial charge in [-0.2, -0.15) is 0 Å². The number of amides is 1. The third kappa shape index (κ3) is 3.71. The minimum Gasteiger partial charge on any atom is -0.487 e. The first-order chi connectivity index (χ1) is 11.5. The normalized spacial score (nSPS) is 20.3. The van der Waals surface area contributed by atoms with Crippen LogP contribution in [0.5, 0.6) is 5.75 Å². The Hall–Kier alpha value is -2.04. The zero-order valence-electron chi connectivity index (χ0n) is 14.1. The Balaban J connectivity index is 1.54. The molecule has 5 nitrogen and oxygen atoms in total. The fourth-order valence-corrected chi connectivity index (χ4v) is 3.68. The van der Waals surface area contributed by atoms with Crippen molar-refractivity contribution in [3.05, 3.63) is 29.8 Å². The SMILES string of the molecule is Cc1ccc(OC2CN(C(=O)C(C(=O)O)C3CCCCC3)C2)cc1. The van der Waals surface area contributed by atoms with Crippen molar-refractivity contribution in [2.24, 2.45) is 11.8 Å². The summed E-state index contributed by atoms with van der Waals surface area (Å²) in [4.78, 5) is 25.8. The number of ether oxygens (including phenoxy) is 1. The number of carbonyl (C=O) groups is 2. The van der Waals surface area contributed by atoms with Gasteiger partial charge in [-0.05, 0) is 37.8 Å². The number of nitrogens with zero attached hydrogens (tertiary/aromatic N) is 1. The molecule has 1 aromatic rings. The smallest absolute Gasteiger partial charge is 0.316 e. The summed E-state index contributed by atoms with van der Waals surface area (Å²) in [5.41, 5.74) is 1.17. The van der Waals surface area contributed by atoms with Gasteiger partial charge in [0.1, 0.15) is 17.8 Å². The zero-order valence-corrected chi connectivity index (χ0v) is 14.1. The van der Waals surface area contributed by atoms with Gasteiger partial charge in [0.05, 0.1) is 13.1 Å². The topological polar surface area (TPSA) is 66.8 Å². The first-order valence-electron chi connectivity index (χ1n) is 8.79. The lowest BCUT2D eigenvalue weighted by molar-refractivity contribution is -0.159. The first kappa shape index (κ1) is 16.8. The van der Waals surface area contributed by atoms with E-state index < -0.39 is 11.9 Å². The van der Waals surface area contributed by atoms with E-state index in [1.807, 2.05) is 31.2 Å². The molecule has 1 saturated carbocycles. The maximum Gasteiger partial charge on any atom is 0.316 e. The predicted octanol–water partition coefficient (Wildman–Crippen LogP) is 2.87. The maximum atomic E-state index is 12.6. The molecule has 1 aliphatic carbocycles. The number of aryl methyl sites for hydroxylation is 1. The average molecular weight is 331 g/mol. The van der Waals surface area contributed by atoms with Crippen LogP contribution in [0.15, 0.2) is 24.3 Å². The lowest BCUT2D eigenvalue weighted by atomic mass is 9.79. The largest absolute Gasteiger partial charge is 0.487 e. The van der Waals surface area contributed by atoms with Gasteiger partial charge in [0, 0.05) is 0 Å². The van der Waals surface area contributed by atoms with Gasteiger partial charge in [-0.1, -0.05) is 37.0 Å². The van der Waals surface area contributed by atoms with Gasteiger partial charge >= 0.3 is 5.97 Å². The summed E-state index contributed by atoms with van der Waals surface area (Å²) in [5.74, 6) is -1.32. The van der Waals surface area contributed by atoms with E-state index in [2.05, 4.69) is 0 Å². The fraction of sp³-hybridized carbons (Fsp3) is 0.579. The van der Waals surface area contributed by atoms with Crippen LogP contribution in [-0.2, 0) is 9.59 Å². The Bertz CT molecular complexity index is 586. The summed E-state index contributed by atoms with van der Waals surface area (Å²) in [6, 6.07) is 7.81. The van der Waals surface area contributed by atoms with Gasteiger partial charge in [-0.3, -0.25) is 9.59 Å². The standard InChI is InChI=1S/C19H25NO4/c1-13-7-9-15(10-8-13)24-16-11-20(12-16)18(21)17(19(22)23)14-5-3-2-4-6-14/h7-10,14,16-17H,2-6,11-12H2,1H3,(H,22,23). The van der Waals surface area contributed by atoms with E-state index in [0.717, 1.165) is 37.9 Å². The quantitative estimate of drug-likeness (QED) is 0.843. The monoisotopic (exact) mass is 331 g/mol. The molecule has 1 aliphatic heterocycles. The summed E-state index contributed by atoms with van der Waals surface area (Å²) >= 11 is 0. The van der Waals surface area contributed by atoms with Gasteiger partial charge in [0.25, 0.3) is 0 Å². The van der Waals surface area contributed by atoms with Crippen LogP contribution in [0.4, 0.5) is 0 Å². The van der Waals surface area contributed by atoms with E-state index >= 15 is 0 Å². The second-order valence-electron chi connectivity index (χ2n) is 7.01. The van der Waals surface area contributed by atoms with E-state index in [1.54, 1.807) is 4.90 Å². The van der Waals surface area contributed by atoms with Crippen LogP contribution in [0.2, 0.25) is 0 Å². The summed E-state index contributed by atoms with van der Waals surface area (Å²) in [6.45, 7) is 2.97. The average Bonchev–Trinajstić information content (AvgIpc) is 2.53. The molecule has 130 valence electrons. The number of rotatable bonds is 5. The van der Waals surface area contributed by atoms with Crippen LogP contribution in [0.1, 0.15) is 37.7 Å². The highest BCUT2D eigenvalue weighted by Crippen LogP contribution is 2.32. The highest BCUT2D eigenvalue weighted by atomic mass is 16.5. The summed E-state index contributed by atoms with van der Waals surface area (Å²) < 4.78 is 5.83. The molecule has 0 spiro atoms. The minimum atomic E-state index is -0.977. The van der Waals surface area contributed by atoms with E-state index in [-0.39, 0.29) is 17.9 Å². The first-order valence-corrected chi connectivity index (χ1v) is 8.79. The Labute approximate surface area is 142 Å². The van der Waals surface area contributed by atoms with Crippen LogP contribution in [0.3, 0.4) is 0 Å². The highest BCUT2D eigenvalue weighted by molar-refractivity contribution is 5.97. The van der Waals surface area contributed by atoms with Gasteiger partial charge < -0.3 is 14.7 Å². The van der Waals surface area contributed by atoms with Crippen molar-refractivity contribution in [3.8, 4) is 5.75 Å². The van der Waals surface area contributed by atoms with Crippen LogP contribution >= 0.6 is 0 Å². The Kier molecular flexibility index (Phi) is 5.07. The van der Waals surface area contributed by atoms with E-state index in [4.69, 9.17) is 4.74 Å². The second kappa shape index (κ2) is 7.24. The molecule has 24 heavy (non-hydrogen) atoms. The summed E-state index contributed by atoms with van der Waals surface area (Å²) in [7, 11) is 0. The zero-order chi connectivity index (χ0) is 17.1. The number of carboxylic acids is 1. The Morgan fingerprint density at radius 2 is 1.75 bits per heavy atom. The van der Waals surface area contributed by atoms with Gasteiger partial charge in [-0.25, -0.2) is 0 Å². The molecule has 2 fully saturated rings. The van der Waals surface area contributed by atoms with Crippen LogP contribution < -0.4 is 4.74 Å². The van der Waals surface area contributed by atoms with Crippen LogP contribution in [0, 0.1) is 18.8 Å². The van der Waals surface area contributed by atoms with Gasteiger partial charge in [0.2, 0.25) is 5.91 Å². The van der Waals surface area contributed by atoms with E-state index in [9.17, 15) is 14.7 Å². The molecule has 0 bridgehead atoms. The molecule has 1 atom stereocenters. The fourth-order valence-electron chi connectivity index (χ4n) is 3.68. The molecule has 1 unspecified atom stereocenters. The molecule has 2 aliphatic rings. The molecule has 1 amide bonds. The number of likely N-dealkylation sites (tertiary alicyclic amines) is 1. The number of hydrogen-bond acceptors (Lipinski definition) is 3. The van der Waals surface area contributed by atoms with Crippen molar-refractivity contribution < 1.29 is 19.4 Å². The van der Waals surface area contributed by atoms with Crippen molar-refractivity contribution in [3.63, 3.8) is 0 Å². The Morgan fingerprint density at radius 3 is 2.33 bits per heavy atom. The van der Waals surface area contributed by atoms with Crippen molar-refractivity contribution in [2.75, 3.05) is 13.1 Å². The van der Waals surface area contributed by atoms with E-state index in [1.165, 1.54) is 5.56 Å². The highest BCUT2D eigenvalue weighted by Gasteiger charge is 2.42. The lowest BCUT2D eigenvalue weighted by Gasteiger charge is -2.41. The number of aliphatic carboxylic acids is 1. The molecule has 1 aromatic carbocycles. The summed E-state index contributed by atoms with van der Waals surface area (Å²) in [5, 5.41) is 9.51. The molecule has 1 N–H and O–H groups in total. The summed E-state index contributed by atoms with van der Waals surface area (Å²) in [6.07, 6.45) is 4.85. The van der Waals surface area contributed by atoms with Crippen molar-refractivity contribution in [2.45, 2.75) is 45.1 Å².